The summed E-state index contributed by atoms with van der Waals surface area (Å²) in [5, 5.41) is 38.3. The Morgan fingerprint density at radius 2 is 0.694 bits per heavy atom. The van der Waals surface area contributed by atoms with Crippen molar-refractivity contribution < 1.29 is 39.6 Å². The molecule has 6 aromatic carbocycles. The van der Waals surface area contributed by atoms with Crippen LogP contribution in [-0.4, -0.2) is 44.3 Å². The maximum atomic E-state index is 11.9. The van der Waals surface area contributed by atoms with Crippen LogP contribution in [0.1, 0.15) is 63.7 Å². The maximum Gasteiger partial charge on any atom is 0.336 e. The summed E-state index contributed by atoms with van der Waals surface area (Å²) in [4.78, 5) is 46.9. The monoisotopic (exact) mass is 646 g/mol. The van der Waals surface area contributed by atoms with Gasteiger partial charge in [-0.1, -0.05) is 109 Å². The minimum atomic E-state index is -1.32. The zero-order valence-electron chi connectivity index (χ0n) is 25.6. The van der Waals surface area contributed by atoms with Crippen LogP contribution >= 0.6 is 0 Å². The van der Waals surface area contributed by atoms with Crippen LogP contribution in [0.4, 0.5) is 0 Å². The van der Waals surface area contributed by atoms with E-state index in [0.29, 0.717) is 22.3 Å². The molecule has 7 rings (SSSR count). The lowest BCUT2D eigenvalue weighted by Gasteiger charge is -2.34. The minimum Gasteiger partial charge on any atom is -0.478 e. The highest BCUT2D eigenvalue weighted by atomic mass is 16.4. The van der Waals surface area contributed by atoms with Gasteiger partial charge in [-0.2, -0.15) is 0 Å². The molecule has 0 fully saturated rings. The van der Waals surface area contributed by atoms with Gasteiger partial charge in [-0.3, -0.25) is 0 Å². The third kappa shape index (κ3) is 4.94. The fraction of sp³-hybridized carbons (Fsp3) is 0.0244. The van der Waals surface area contributed by atoms with Crippen LogP contribution < -0.4 is 0 Å². The van der Waals surface area contributed by atoms with Gasteiger partial charge >= 0.3 is 23.9 Å². The topological polar surface area (TPSA) is 149 Å². The van der Waals surface area contributed by atoms with Crippen molar-refractivity contribution >= 4 is 23.9 Å². The van der Waals surface area contributed by atoms with E-state index in [9.17, 15) is 39.6 Å². The molecule has 0 radical (unpaired) electrons. The zero-order chi connectivity index (χ0) is 34.4. The molecular formula is C41H26O8. The van der Waals surface area contributed by atoms with Gasteiger partial charge in [0.25, 0.3) is 0 Å². The van der Waals surface area contributed by atoms with E-state index < -0.39 is 29.3 Å². The predicted molar refractivity (Wildman–Crippen MR) is 182 cm³/mol. The number of fused-ring (bicyclic) bond motifs is 3. The smallest absolute Gasteiger partial charge is 0.336 e. The molecule has 0 unspecified atom stereocenters. The molecule has 0 aliphatic heterocycles. The van der Waals surface area contributed by atoms with E-state index in [1.165, 1.54) is 24.3 Å². The number of hydrogen-bond acceptors (Lipinski definition) is 4. The van der Waals surface area contributed by atoms with Gasteiger partial charge in [0.05, 0.1) is 27.7 Å². The van der Waals surface area contributed by atoms with Crippen molar-refractivity contribution in [2.75, 3.05) is 0 Å². The number of carbonyl (C=O) groups is 4. The Morgan fingerprint density at radius 3 is 1.04 bits per heavy atom. The van der Waals surface area contributed by atoms with E-state index in [4.69, 9.17) is 0 Å². The highest BCUT2D eigenvalue weighted by Gasteiger charge is 2.45. The molecule has 0 spiro atoms. The molecule has 0 heterocycles. The highest BCUT2D eigenvalue weighted by molar-refractivity contribution is 6.03. The third-order valence-corrected chi connectivity index (χ3v) is 9.22. The Hall–Kier alpha value is -6.80. The van der Waals surface area contributed by atoms with E-state index in [1.54, 1.807) is 12.1 Å². The van der Waals surface area contributed by atoms with Crippen molar-refractivity contribution in [3.63, 3.8) is 0 Å². The van der Waals surface area contributed by atoms with Crippen molar-refractivity contribution in [3.05, 3.63) is 178 Å². The Bertz CT molecular complexity index is 2170. The van der Waals surface area contributed by atoms with Crippen LogP contribution in [0.2, 0.25) is 0 Å². The summed E-state index contributed by atoms with van der Waals surface area (Å²) in [6.07, 6.45) is 0. The Morgan fingerprint density at radius 1 is 0.367 bits per heavy atom. The quantitative estimate of drug-likeness (QED) is 0.129. The molecule has 1 aliphatic rings. The second kappa shape index (κ2) is 11.8. The molecule has 0 amide bonds. The van der Waals surface area contributed by atoms with Gasteiger partial charge in [-0.15, -0.1) is 0 Å². The van der Waals surface area contributed by atoms with E-state index in [0.717, 1.165) is 33.4 Å². The molecule has 1 aliphatic carbocycles. The van der Waals surface area contributed by atoms with Crippen LogP contribution in [0, 0.1) is 0 Å². The van der Waals surface area contributed by atoms with Crippen molar-refractivity contribution in [2.24, 2.45) is 0 Å². The first-order valence-electron chi connectivity index (χ1n) is 15.2. The lowest BCUT2D eigenvalue weighted by atomic mass is 9.67. The van der Waals surface area contributed by atoms with E-state index in [2.05, 4.69) is 24.3 Å². The number of rotatable bonds is 8. The fourth-order valence-corrected chi connectivity index (χ4v) is 7.02. The molecule has 0 aromatic heterocycles. The van der Waals surface area contributed by atoms with Gasteiger partial charge in [0.15, 0.2) is 0 Å². The first-order valence-corrected chi connectivity index (χ1v) is 15.2. The first kappa shape index (κ1) is 30.8. The maximum absolute atomic E-state index is 11.9. The van der Waals surface area contributed by atoms with Crippen LogP contribution in [0.5, 0.6) is 0 Å². The molecule has 0 bridgehead atoms. The van der Waals surface area contributed by atoms with Crippen molar-refractivity contribution in [3.8, 4) is 33.4 Å². The largest absolute Gasteiger partial charge is 0.478 e. The molecule has 4 N–H and O–H groups in total. The highest BCUT2D eigenvalue weighted by Crippen LogP contribution is 2.56. The predicted octanol–water partition coefficient (Wildman–Crippen LogP) is 8.18. The van der Waals surface area contributed by atoms with Gasteiger partial charge in [-0.25, -0.2) is 19.2 Å². The standard InChI is InChI=1S/C41H26O8/c42-37(43)31-19-13-25(21-33(31)39(46)47)23-9-15-27(16-10-23)41(35-7-3-1-5-29(35)30-6-2-4-8-36(30)41)28-17-11-24(12-18-28)26-14-20-32(38(44)45)34(22-26)40(48)49/h1-22H,(H,42,43)(H,44,45)(H,46,47)(H,48,49). The van der Waals surface area contributed by atoms with Crippen LogP contribution in [0.15, 0.2) is 133 Å². The van der Waals surface area contributed by atoms with Gasteiger partial charge in [0.1, 0.15) is 0 Å². The van der Waals surface area contributed by atoms with Crippen LogP contribution in [0.25, 0.3) is 33.4 Å². The minimum absolute atomic E-state index is 0.286. The second-order valence-corrected chi connectivity index (χ2v) is 11.7. The molecule has 6 aromatic rings. The third-order valence-electron chi connectivity index (χ3n) is 9.22. The SMILES string of the molecule is O=C(O)c1ccc(-c2ccc(C3(c4ccc(-c5ccc(C(=O)O)c(C(=O)O)c5)cc4)c4ccccc4-c4ccccc43)cc2)cc1C(=O)O. The van der Waals surface area contributed by atoms with Crippen molar-refractivity contribution in [1.82, 2.24) is 0 Å². The summed E-state index contributed by atoms with van der Waals surface area (Å²) in [5.41, 5.74) is 6.82. The van der Waals surface area contributed by atoms with Gasteiger partial charge < -0.3 is 20.4 Å². The number of aromatic carboxylic acids is 4. The van der Waals surface area contributed by atoms with Gasteiger partial charge in [-0.05, 0) is 79.9 Å². The summed E-state index contributed by atoms with van der Waals surface area (Å²) in [6, 6.07) is 40.5. The summed E-state index contributed by atoms with van der Waals surface area (Å²) in [7, 11) is 0. The van der Waals surface area contributed by atoms with Gasteiger partial charge in [0.2, 0.25) is 0 Å². The average Bonchev–Trinajstić information content (AvgIpc) is 3.42. The Kier molecular flexibility index (Phi) is 7.41. The molecular weight excluding hydrogens is 620 g/mol. The molecule has 0 saturated carbocycles. The van der Waals surface area contributed by atoms with Crippen molar-refractivity contribution in [2.45, 2.75) is 5.41 Å². The Balaban J connectivity index is 1.39. The summed E-state index contributed by atoms with van der Waals surface area (Å²) >= 11 is 0. The number of carboxylic acids is 4. The van der Waals surface area contributed by atoms with E-state index >= 15 is 0 Å². The van der Waals surface area contributed by atoms with Gasteiger partial charge in [0, 0.05) is 0 Å². The lowest BCUT2D eigenvalue weighted by Crippen LogP contribution is -2.28. The normalized spacial score (nSPS) is 12.5. The molecule has 8 nitrogen and oxygen atoms in total. The number of hydrogen-bond donors (Lipinski definition) is 4. The number of benzene rings is 6. The molecule has 0 saturated heterocycles. The summed E-state index contributed by atoms with van der Waals surface area (Å²) in [6.45, 7) is 0. The molecule has 0 atom stereocenters. The summed E-state index contributed by atoms with van der Waals surface area (Å²) < 4.78 is 0. The zero-order valence-corrected chi connectivity index (χ0v) is 25.6. The molecule has 49 heavy (non-hydrogen) atoms. The lowest BCUT2D eigenvalue weighted by molar-refractivity contribution is 0.0651. The number of carboxylic acid groups (broad SMARTS) is 4. The van der Waals surface area contributed by atoms with Crippen molar-refractivity contribution in [1.29, 1.82) is 0 Å². The fourth-order valence-electron chi connectivity index (χ4n) is 7.02. The first-order chi connectivity index (χ1) is 23.6. The Labute approximate surface area is 279 Å². The second-order valence-electron chi connectivity index (χ2n) is 11.7. The molecule has 238 valence electrons. The van der Waals surface area contributed by atoms with E-state index in [-0.39, 0.29) is 22.3 Å². The van der Waals surface area contributed by atoms with E-state index in [1.807, 2.05) is 72.8 Å². The molecule has 8 heteroatoms. The van der Waals surface area contributed by atoms with Crippen LogP contribution in [-0.2, 0) is 5.41 Å². The average molecular weight is 647 g/mol. The van der Waals surface area contributed by atoms with Crippen LogP contribution in [0.3, 0.4) is 0 Å². The summed E-state index contributed by atoms with van der Waals surface area (Å²) in [5.74, 6) is -5.28.